The molecule has 0 spiro atoms. The van der Waals surface area contributed by atoms with Gasteiger partial charge in [-0.3, -0.25) is 9.59 Å². The topological polar surface area (TPSA) is 74.6 Å². The molecule has 2 N–H and O–H groups in total. The number of carboxylic acid groups (broad SMARTS) is 2. The maximum absolute atomic E-state index is 10.1. The first-order valence-electron chi connectivity index (χ1n) is 2.28. The van der Waals surface area contributed by atoms with E-state index in [2.05, 4.69) is 25.3 Å². The molecular formula is C4H6O4S2. The van der Waals surface area contributed by atoms with Crippen LogP contribution in [-0.4, -0.2) is 32.7 Å². The van der Waals surface area contributed by atoms with Crippen molar-refractivity contribution in [1.82, 2.24) is 0 Å². The van der Waals surface area contributed by atoms with Gasteiger partial charge in [-0.1, -0.05) is 0 Å². The van der Waals surface area contributed by atoms with Crippen LogP contribution in [-0.2, 0) is 9.59 Å². The van der Waals surface area contributed by atoms with Gasteiger partial charge in [-0.15, -0.1) is 0 Å². The summed E-state index contributed by atoms with van der Waals surface area (Å²) in [6.45, 7) is 0. The van der Waals surface area contributed by atoms with Gasteiger partial charge in [0.05, 0.1) is 0 Å². The van der Waals surface area contributed by atoms with Gasteiger partial charge in [0, 0.05) is 0 Å². The number of carboxylic acids is 2. The van der Waals surface area contributed by atoms with Crippen LogP contribution in [0.2, 0.25) is 0 Å². The molecule has 0 radical (unpaired) electrons. The molecule has 4 nitrogen and oxygen atoms in total. The zero-order valence-electron chi connectivity index (χ0n) is 4.76. The van der Waals surface area contributed by atoms with Crippen LogP contribution in [0.3, 0.4) is 0 Å². The second-order valence-electron chi connectivity index (χ2n) is 1.57. The summed E-state index contributed by atoms with van der Waals surface area (Å²) in [5, 5.41) is 13.9. The maximum Gasteiger partial charge on any atom is 0.318 e. The van der Waals surface area contributed by atoms with Crippen molar-refractivity contribution in [3.8, 4) is 0 Å². The molecule has 0 bridgehead atoms. The van der Waals surface area contributed by atoms with Crippen molar-refractivity contribution in [1.29, 1.82) is 0 Å². The van der Waals surface area contributed by atoms with Gasteiger partial charge in [0.1, 0.15) is 10.5 Å². The summed E-state index contributed by atoms with van der Waals surface area (Å²) in [4.78, 5) is 20.1. The van der Waals surface area contributed by atoms with E-state index in [1.165, 1.54) is 0 Å². The second kappa shape index (κ2) is 3.72. The second-order valence-corrected chi connectivity index (χ2v) is 2.68. The molecule has 0 heterocycles. The fourth-order valence-corrected chi connectivity index (χ4v) is 0.525. The van der Waals surface area contributed by atoms with Gasteiger partial charge < -0.3 is 10.2 Å². The normalized spacial score (nSPS) is 15.8. The Hall–Kier alpha value is -0.360. The van der Waals surface area contributed by atoms with Gasteiger partial charge in [-0.05, 0) is 0 Å². The van der Waals surface area contributed by atoms with Gasteiger partial charge in [-0.25, -0.2) is 0 Å². The lowest BCUT2D eigenvalue weighted by Gasteiger charge is -2.07. The zero-order valence-corrected chi connectivity index (χ0v) is 6.55. The molecule has 0 aliphatic carbocycles. The van der Waals surface area contributed by atoms with Crippen molar-refractivity contribution in [3.05, 3.63) is 0 Å². The van der Waals surface area contributed by atoms with Gasteiger partial charge in [0.2, 0.25) is 0 Å². The molecule has 0 rings (SSSR count). The minimum Gasteiger partial charge on any atom is -0.480 e. The highest BCUT2D eigenvalue weighted by atomic mass is 32.1. The highest BCUT2D eigenvalue weighted by Crippen LogP contribution is 2.08. The highest BCUT2D eigenvalue weighted by Gasteiger charge is 2.26. The number of thiol groups is 2. The first-order chi connectivity index (χ1) is 4.46. The summed E-state index contributed by atoms with van der Waals surface area (Å²) in [7, 11) is 0. The molecule has 0 saturated heterocycles. The van der Waals surface area contributed by atoms with Crippen LogP contribution in [0.1, 0.15) is 0 Å². The fraction of sp³-hybridized carbons (Fsp3) is 0.500. The van der Waals surface area contributed by atoms with E-state index in [0.717, 1.165) is 0 Å². The Balaban J connectivity index is 4.07. The number of hydrogen-bond donors (Lipinski definition) is 4. The van der Waals surface area contributed by atoms with E-state index in [0.29, 0.717) is 0 Å². The molecule has 0 aliphatic rings. The third-order valence-electron chi connectivity index (χ3n) is 0.805. The predicted molar refractivity (Wildman–Crippen MR) is 40.8 cm³/mol. The summed E-state index contributed by atoms with van der Waals surface area (Å²) in [6, 6.07) is 0. The third kappa shape index (κ3) is 2.49. The number of carbonyl (C=O) groups is 2. The fourth-order valence-electron chi connectivity index (χ4n) is 0.270. The van der Waals surface area contributed by atoms with Crippen molar-refractivity contribution >= 4 is 37.2 Å². The minimum absolute atomic E-state index is 1.26. The smallest absolute Gasteiger partial charge is 0.318 e. The van der Waals surface area contributed by atoms with Crippen molar-refractivity contribution in [2.75, 3.05) is 0 Å². The molecule has 0 unspecified atom stereocenters. The molecule has 0 aromatic carbocycles. The molecule has 0 aromatic rings. The van der Waals surface area contributed by atoms with E-state index < -0.39 is 22.4 Å². The van der Waals surface area contributed by atoms with Crippen molar-refractivity contribution < 1.29 is 19.8 Å². The lowest BCUT2D eigenvalue weighted by molar-refractivity contribution is -0.142. The number of rotatable bonds is 3. The van der Waals surface area contributed by atoms with Crippen molar-refractivity contribution in [3.63, 3.8) is 0 Å². The summed E-state index contributed by atoms with van der Waals surface area (Å²) in [6.07, 6.45) is 0. The van der Waals surface area contributed by atoms with Crippen LogP contribution >= 0.6 is 25.3 Å². The van der Waals surface area contributed by atoms with Crippen LogP contribution in [0.15, 0.2) is 0 Å². The summed E-state index contributed by atoms with van der Waals surface area (Å²) < 4.78 is 0. The summed E-state index contributed by atoms with van der Waals surface area (Å²) in [5.74, 6) is -2.57. The van der Waals surface area contributed by atoms with Gasteiger partial charge in [0.15, 0.2) is 0 Å². The molecule has 10 heavy (non-hydrogen) atoms. The maximum atomic E-state index is 10.1. The number of hydrogen-bond acceptors (Lipinski definition) is 4. The molecule has 0 amide bonds. The average Bonchev–Trinajstić information content (AvgIpc) is 1.84. The van der Waals surface area contributed by atoms with Crippen LogP contribution in [0, 0.1) is 0 Å². The molecule has 0 saturated carbocycles. The molecule has 6 heteroatoms. The van der Waals surface area contributed by atoms with E-state index in [1.54, 1.807) is 0 Å². The standard InChI is InChI=1S/C4H6O4S2/c5-3(6)1(9)2(10)4(7)8/h1-2,9-10H,(H,5,6)(H,7,8)/t1-,2-/m1/s1. The molecule has 2 atom stereocenters. The van der Waals surface area contributed by atoms with Gasteiger partial charge >= 0.3 is 11.9 Å². The quantitative estimate of drug-likeness (QED) is 0.454. The van der Waals surface area contributed by atoms with Crippen LogP contribution in [0.25, 0.3) is 0 Å². The lowest BCUT2D eigenvalue weighted by atomic mass is 10.3. The van der Waals surface area contributed by atoms with E-state index >= 15 is 0 Å². The predicted octanol–water partition coefficient (Wildman–Crippen LogP) is -0.248. The monoisotopic (exact) mass is 182 g/mol. The lowest BCUT2D eigenvalue weighted by Crippen LogP contribution is -2.31. The van der Waals surface area contributed by atoms with Crippen molar-refractivity contribution in [2.45, 2.75) is 10.5 Å². The Morgan fingerprint density at radius 2 is 1.20 bits per heavy atom. The van der Waals surface area contributed by atoms with Crippen LogP contribution < -0.4 is 0 Å². The Labute approximate surface area is 68.1 Å². The first kappa shape index (κ1) is 9.64. The molecule has 58 valence electrons. The largest absolute Gasteiger partial charge is 0.480 e. The summed E-state index contributed by atoms with van der Waals surface area (Å²) >= 11 is 7.00. The van der Waals surface area contributed by atoms with E-state index in [-0.39, 0.29) is 0 Å². The first-order valence-corrected chi connectivity index (χ1v) is 3.32. The minimum atomic E-state index is -1.29. The number of aliphatic carboxylic acids is 2. The molecule has 0 aromatic heterocycles. The Morgan fingerprint density at radius 3 is 1.30 bits per heavy atom. The molecule has 0 fully saturated rings. The average molecular weight is 182 g/mol. The molecular weight excluding hydrogens is 176 g/mol. The molecule has 0 aliphatic heterocycles. The van der Waals surface area contributed by atoms with E-state index in [4.69, 9.17) is 10.2 Å². The third-order valence-corrected chi connectivity index (χ3v) is 2.08. The SMILES string of the molecule is O=C(O)[C@H](S)[C@@H](S)C(=O)O. The Kier molecular flexibility index (Phi) is 3.59. The van der Waals surface area contributed by atoms with Crippen molar-refractivity contribution in [2.24, 2.45) is 0 Å². The Bertz CT molecular complexity index is 139. The highest BCUT2D eigenvalue weighted by molar-refractivity contribution is 7.86. The van der Waals surface area contributed by atoms with Gasteiger partial charge in [-0.2, -0.15) is 25.3 Å². The summed E-state index contributed by atoms with van der Waals surface area (Å²) in [5.41, 5.74) is 0. The van der Waals surface area contributed by atoms with E-state index in [9.17, 15) is 9.59 Å². The Morgan fingerprint density at radius 1 is 1.00 bits per heavy atom. The zero-order chi connectivity index (χ0) is 8.31. The van der Waals surface area contributed by atoms with E-state index in [1.807, 2.05) is 0 Å². The van der Waals surface area contributed by atoms with Crippen LogP contribution in [0.5, 0.6) is 0 Å². The van der Waals surface area contributed by atoms with Crippen LogP contribution in [0.4, 0.5) is 0 Å². The van der Waals surface area contributed by atoms with Gasteiger partial charge in [0.25, 0.3) is 0 Å².